The number of β-amino-alcohol motifs (C(OH)–C–C–N with tert-alkyl or cyclic N) is 1. The van der Waals surface area contributed by atoms with Crippen molar-refractivity contribution in [3.05, 3.63) is 17.0 Å². The lowest BCUT2D eigenvalue weighted by Gasteiger charge is -2.39. The number of carbonyl (C=O) groups is 2. The second kappa shape index (κ2) is 7.34. The van der Waals surface area contributed by atoms with Crippen molar-refractivity contribution in [3.63, 3.8) is 0 Å². The van der Waals surface area contributed by atoms with E-state index in [-0.39, 0.29) is 24.8 Å². The van der Waals surface area contributed by atoms with Crippen LogP contribution in [0.1, 0.15) is 54.4 Å². The van der Waals surface area contributed by atoms with Gasteiger partial charge in [0, 0.05) is 39.2 Å². The fraction of sp³-hybridized carbons (Fsp3) is 0.706. The molecule has 1 aromatic heterocycles. The molecular weight excluding hydrogens is 308 g/mol. The van der Waals surface area contributed by atoms with Crippen LogP contribution >= 0.6 is 0 Å². The molecular formula is C17H28N4O3. The summed E-state index contributed by atoms with van der Waals surface area (Å²) in [6, 6.07) is 0. The quantitative estimate of drug-likeness (QED) is 0.832. The van der Waals surface area contributed by atoms with Gasteiger partial charge in [-0.1, -0.05) is 6.92 Å². The Labute approximate surface area is 143 Å². The first-order chi connectivity index (χ1) is 11.3. The Morgan fingerprint density at radius 1 is 1.42 bits per heavy atom. The minimum Gasteiger partial charge on any atom is -0.388 e. The summed E-state index contributed by atoms with van der Waals surface area (Å²) in [7, 11) is 3.36. The van der Waals surface area contributed by atoms with Gasteiger partial charge in [0.1, 0.15) is 5.69 Å². The minimum atomic E-state index is -1.000. The van der Waals surface area contributed by atoms with Gasteiger partial charge in [0.25, 0.3) is 5.91 Å². The smallest absolute Gasteiger partial charge is 0.272 e. The highest BCUT2D eigenvalue weighted by Crippen LogP contribution is 2.27. The highest BCUT2D eigenvalue weighted by Gasteiger charge is 2.36. The lowest BCUT2D eigenvalue weighted by molar-refractivity contribution is -0.122. The number of rotatable bonds is 5. The summed E-state index contributed by atoms with van der Waals surface area (Å²) in [6.45, 7) is 4.81. The first kappa shape index (κ1) is 18.4. The number of piperidine rings is 1. The third-order valence-corrected chi connectivity index (χ3v) is 4.86. The molecule has 2 amide bonds. The molecule has 0 unspecified atom stereocenters. The van der Waals surface area contributed by atoms with E-state index in [2.05, 4.69) is 10.4 Å². The van der Waals surface area contributed by atoms with Crippen LogP contribution in [0.5, 0.6) is 0 Å². The number of nitrogens with zero attached hydrogens (tertiary/aromatic N) is 3. The normalized spacial score (nSPS) is 21.0. The van der Waals surface area contributed by atoms with Crippen molar-refractivity contribution < 1.29 is 14.7 Å². The number of aryl methyl sites for hydroxylation is 2. The maximum absolute atomic E-state index is 12.9. The van der Waals surface area contributed by atoms with Crippen LogP contribution in [0.25, 0.3) is 0 Å². The molecule has 2 heterocycles. The average molecular weight is 336 g/mol. The molecule has 1 aromatic rings. The van der Waals surface area contributed by atoms with Gasteiger partial charge in [-0.2, -0.15) is 5.10 Å². The number of carbonyl (C=O) groups excluding carboxylic acids is 2. The highest BCUT2D eigenvalue weighted by atomic mass is 16.3. The molecule has 0 bridgehead atoms. The van der Waals surface area contributed by atoms with Crippen LogP contribution in [0.3, 0.4) is 0 Å². The molecule has 0 radical (unpaired) electrons. The van der Waals surface area contributed by atoms with Crippen molar-refractivity contribution in [2.75, 3.05) is 20.1 Å². The minimum absolute atomic E-state index is 0.0954. The first-order valence-corrected chi connectivity index (χ1v) is 8.56. The Kier molecular flexibility index (Phi) is 5.64. The van der Waals surface area contributed by atoms with Gasteiger partial charge in [0.05, 0.1) is 11.3 Å². The molecule has 0 aromatic carbocycles. The molecule has 1 saturated heterocycles. The van der Waals surface area contributed by atoms with E-state index < -0.39 is 5.60 Å². The third-order valence-electron chi connectivity index (χ3n) is 4.86. The van der Waals surface area contributed by atoms with Gasteiger partial charge in [0.2, 0.25) is 5.91 Å². The molecule has 134 valence electrons. The Morgan fingerprint density at radius 2 is 2.12 bits per heavy atom. The van der Waals surface area contributed by atoms with Gasteiger partial charge >= 0.3 is 0 Å². The molecule has 1 aliphatic rings. The van der Waals surface area contributed by atoms with Crippen LogP contribution in [0.2, 0.25) is 0 Å². The third kappa shape index (κ3) is 3.77. The molecule has 7 nitrogen and oxygen atoms in total. The first-order valence-electron chi connectivity index (χ1n) is 8.56. The van der Waals surface area contributed by atoms with Crippen molar-refractivity contribution in [2.45, 2.75) is 51.6 Å². The molecule has 1 fully saturated rings. The predicted octanol–water partition coefficient (Wildman–Crippen LogP) is 0.784. The zero-order chi connectivity index (χ0) is 17.9. The van der Waals surface area contributed by atoms with Crippen LogP contribution in [0.15, 0.2) is 0 Å². The number of aliphatic hydroxyl groups is 1. The number of hydrogen-bond acceptors (Lipinski definition) is 4. The predicted molar refractivity (Wildman–Crippen MR) is 90.7 cm³/mol. The zero-order valence-electron chi connectivity index (χ0n) is 15.1. The molecule has 24 heavy (non-hydrogen) atoms. The van der Waals surface area contributed by atoms with Crippen LogP contribution in [-0.4, -0.2) is 57.3 Å². The molecule has 0 spiro atoms. The van der Waals surface area contributed by atoms with Crippen LogP contribution in [0, 0.1) is 6.92 Å². The number of aromatic nitrogens is 2. The number of nitrogens with one attached hydrogen (secondary N) is 1. The largest absolute Gasteiger partial charge is 0.388 e. The Bertz CT molecular complexity index is 626. The van der Waals surface area contributed by atoms with E-state index in [1.54, 1.807) is 23.7 Å². The molecule has 1 atom stereocenters. The van der Waals surface area contributed by atoms with E-state index >= 15 is 0 Å². The van der Waals surface area contributed by atoms with Crippen LogP contribution in [-0.2, 0) is 18.3 Å². The molecule has 0 aliphatic carbocycles. The monoisotopic (exact) mass is 336 g/mol. The maximum atomic E-state index is 12.9. The van der Waals surface area contributed by atoms with E-state index in [9.17, 15) is 14.7 Å². The van der Waals surface area contributed by atoms with Gasteiger partial charge in [-0.05, 0) is 32.6 Å². The lowest BCUT2D eigenvalue weighted by atomic mass is 9.88. The van der Waals surface area contributed by atoms with Crippen molar-refractivity contribution in [1.82, 2.24) is 20.0 Å². The topological polar surface area (TPSA) is 87.5 Å². The Balaban J connectivity index is 2.13. The second-order valence-electron chi connectivity index (χ2n) is 6.63. The average Bonchev–Trinajstić information content (AvgIpc) is 2.86. The second-order valence-corrected chi connectivity index (χ2v) is 6.63. The fourth-order valence-corrected chi connectivity index (χ4v) is 3.43. The Hall–Kier alpha value is -1.89. The number of hydrogen-bond donors (Lipinski definition) is 2. The van der Waals surface area contributed by atoms with Crippen LogP contribution < -0.4 is 5.32 Å². The van der Waals surface area contributed by atoms with Gasteiger partial charge in [-0.3, -0.25) is 14.3 Å². The summed E-state index contributed by atoms with van der Waals surface area (Å²) >= 11 is 0. The van der Waals surface area contributed by atoms with Crippen LogP contribution in [0.4, 0.5) is 0 Å². The fourth-order valence-electron chi connectivity index (χ4n) is 3.43. The summed E-state index contributed by atoms with van der Waals surface area (Å²) in [5, 5.41) is 17.7. The molecule has 0 saturated carbocycles. The van der Waals surface area contributed by atoms with Crippen molar-refractivity contribution in [1.29, 1.82) is 0 Å². The molecule has 1 aliphatic heterocycles. The van der Waals surface area contributed by atoms with Gasteiger partial charge in [0.15, 0.2) is 0 Å². The Morgan fingerprint density at radius 3 is 2.71 bits per heavy atom. The van der Waals surface area contributed by atoms with Gasteiger partial charge in [-0.15, -0.1) is 0 Å². The standard InChI is InChI=1S/C17H28N4O3/c1-5-13-12(2)15(20(4)19-13)16(23)21-10-6-8-17(24,11-21)9-7-14(22)18-3/h24H,5-11H2,1-4H3,(H,18,22)/t17-/m0/s1. The SMILES string of the molecule is CCc1nn(C)c(C(=O)N2CCC[C@](O)(CCC(=O)NC)C2)c1C. The van der Waals surface area contributed by atoms with Crippen molar-refractivity contribution in [2.24, 2.45) is 7.05 Å². The molecule has 7 heteroatoms. The summed E-state index contributed by atoms with van der Waals surface area (Å²) < 4.78 is 1.63. The van der Waals surface area contributed by atoms with Gasteiger partial charge in [-0.25, -0.2) is 0 Å². The summed E-state index contributed by atoms with van der Waals surface area (Å²) in [5.74, 6) is -0.192. The van der Waals surface area contributed by atoms with E-state index in [1.807, 2.05) is 13.8 Å². The summed E-state index contributed by atoms with van der Waals surface area (Å²) in [5.41, 5.74) is 1.42. The zero-order valence-corrected chi connectivity index (χ0v) is 15.1. The van der Waals surface area contributed by atoms with E-state index in [1.165, 1.54) is 0 Å². The molecule has 2 rings (SSSR count). The highest BCUT2D eigenvalue weighted by molar-refractivity contribution is 5.94. The maximum Gasteiger partial charge on any atom is 0.272 e. The van der Waals surface area contributed by atoms with E-state index in [0.29, 0.717) is 25.1 Å². The van der Waals surface area contributed by atoms with E-state index in [4.69, 9.17) is 0 Å². The van der Waals surface area contributed by atoms with Crippen molar-refractivity contribution in [3.8, 4) is 0 Å². The number of amides is 2. The van der Waals surface area contributed by atoms with E-state index in [0.717, 1.165) is 24.1 Å². The summed E-state index contributed by atoms with van der Waals surface area (Å²) in [6.07, 6.45) is 2.75. The summed E-state index contributed by atoms with van der Waals surface area (Å²) in [4.78, 5) is 26.1. The number of likely N-dealkylation sites (tertiary alicyclic amines) is 1. The molecule has 2 N–H and O–H groups in total. The lowest BCUT2D eigenvalue weighted by Crippen LogP contribution is -2.51. The van der Waals surface area contributed by atoms with Gasteiger partial charge < -0.3 is 15.3 Å². The van der Waals surface area contributed by atoms with Crippen molar-refractivity contribution >= 4 is 11.8 Å².